The van der Waals surface area contributed by atoms with Gasteiger partial charge in [-0.2, -0.15) is 5.10 Å². The number of nitrogens with zero attached hydrogens (tertiary/aromatic N) is 4. The van der Waals surface area contributed by atoms with Crippen LogP contribution < -0.4 is 16.6 Å². The van der Waals surface area contributed by atoms with Crippen molar-refractivity contribution < 1.29 is 4.79 Å². The third-order valence-corrected chi connectivity index (χ3v) is 5.47. The van der Waals surface area contributed by atoms with E-state index in [4.69, 9.17) is 0 Å². The summed E-state index contributed by atoms with van der Waals surface area (Å²) in [5.41, 5.74) is 1.53. The molecule has 176 valence electrons. The second kappa shape index (κ2) is 9.46. The summed E-state index contributed by atoms with van der Waals surface area (Å²) < 4.78 is 3.25. The number of H-pyrrole nitrogens is 1. The number of carbonyl (C=O) groups is 1. The standard InChI is InChI=1S/C25H28N6O3/c1-15(2)13-31-22-21(24(33)29-25(31)34)19(12-20(28-22)16(3)4)23(32)27-18-8-6-17(7-9-18)14-30-11-5-10-26-30/h5-12,15-16H,13-14H2,1-4H3,(H,27,32)(H,29,33,34). The quantitative estimate of drug-likeness (QED) is 0.439. The average Bonchev–Trinajstić information content (AvgIpc) is 3.30. The largest absolute Gasteiger partial charge is 0.330 e. The summed E-state index contributed by atoms with van der Waals surface area (Å²) in [4.78, 5) is 45.6. The summed E-state index contributed by atoms with van der Waals surface area (Å²) in [5, 5.41) is 7.18. The van der Waals surface area contributed by atoms with Crippen molar-refractivity contribution in [2.45, 2.75) is 46.7 Å². The summed E-state index contributed by atoms with van der Waals surface area (Å²) >= 11 is 0. The highest BCUT2D eigenvalue weighted by atomic mass is 16.2. The van der Waals surface area contributed by atoms with Gasteiger partial charge < -0.3 is 5.32 Å². The molecule has 3 aromatic heterocycles. The molecule has 9 nitrogen and oxygen atoms in total. The molecular formula is C25H28N6O3. The number of carbonyl (C=O) groups excluding carboxylic acids is 1. The molecule has 0 radical (unpaired) electrons. The van der Waals surface area contributed by atoms with Crippen molar-refractivity contribution in [2.24, 2.45) is 5.92 Å². The molecule has 9 heteroatoms. The van der Waals surface area contributed by atoms with Crippen LogP contribution in [0.2, 0.25) is 0 Å². The van der Waals surface area contributed by atoms with E-state index < -0.39 is 17.2 Å². The van der Waals surface area contributed by atoms with Gasteiger partial charge >= 0.3 is 5.69 Å². The minimum absolute atomic E-state index is 0.000538. The molecule has 0 atom stereocenters. The fourth-order valence-electron chi connectivity index (χ4n) is 3.78. The lowest BCUT2D eigenvalue weighted by molar-refractivity contribution is 0.102. The van der Waals surface area contributed by atoms with Crippen LogP contribution in [0.1, 0.15) is 55.2 Å². The van der Waals surface area contributed by atoms with Gasteiger partial charge in [-0.05, 0) is 41.7 Å². The van der Waals surface area contributed by atoms with Gasteiger partial charge in [0.05, 0.1) is 17.5 Å². The Morgan fingerprint density at radius 3 is 2.47 bits per heavy atom. The van der Waals surface area contributed by atoms with Gasteiger partial charge in [-0.1, -0.05) is 39.8 Å². The number of nitrogens with one attached hydrogen (secondary N) is 2. The molecule has 0 unspecified atom stereocenters. The van der Waals surface area contributed by atoms with Crippen molar-refractivity contribution in [1.82, 2.24) is 24.3 Å². The molecule has 2 N–H and O–H groups in total. The number of pyridine rings is 1. The molecule has 0 fully saturated rings. The number of aromatic nitrogens is 5. The summed E-state index contributed by atoms with van der Waals surface area (Å²) in [7, 11) is 0. The second-order valence-corrected chi connectivity index (χ2v) is 9.07. The van der Waals surface area contributed by atoms with E-state index in [1.165, 1.54) is 4.57 Å². The van der Waals surface area contributed by atoms with Crippen molar-refractivity contribution >= 4 is 22.6 Å². The van der Waals surface area contributed by atoms with E-state index in [9.17, 15) is 14.4 Å². The van der Waals surface area contributed by atoms with Gasteiger partial charge in [0.1, 0.15) is 0 Å². The molecular weight excluding hydrogens is 432 g/mol. The summed E-state index contributed by atoms with van der Waals surface area (Å²) in [6, 6.07) is 10.9. The highest BCUT2D eigenvalue weighted by Crippen LogP contribution is 2.21. The molecule has 3 heterocycles. The molecule has 0 bridgehead atoms. The van der Waals surface area contributed by atoms with E-state index in [-0.39, 0.29) is 28.4 Å². The third-order valence-electron chi connectivity index (χ3n) is 5.47. The third kappa shape index (κ3) is 4.83. The van der Waals surface area contributed by atoms with E-state index in [0.29, 0.717) is 24.5 Å². The number of aromatic amines is 1. The smallest absolute Gasteiger partial charge is 0.322 e. The number of fused-ring (bicyclic) bond motifs is 1. The number of benzene rings is 1. The van der Waals surface area contributed by atoms with Gasteiger partial charge in [0.25, 0.3) is 11.5 Å². The van der Waals surface area contributed by atoms with Crippen LogP contribution in [0.15, 0.2) is 58.4 Å². The molecule has 34 heavy (non-hydrogen) atoms. The molecule has 0 spiro atoms. The molecule has 1 aromatic carbocycles. The van der Waals surface area contributed by atoms with Crippen LogP contribution in [0.4, 0.5) is 5.69 Å². The van der Waals surface area contributed by atoms with Gasteiger partial charge in [-0.25, -0.2) is 9.78 Å². The zero-order valence-electron chi connectivity index (χ0n) is 19.7. The van der Waals surface area contributed by atoms with E-state index in [2.05, 4.69) is 20.4 Å². The van der Waals surface area contributed by atoms with Gasteiger partial charge in [0.15, 0.2) is 5.65 Å². The van der Waals surface area contributed by atoms with Crippen LogP contribution in [0.25, 0.3) is 11.0 Å². The van der Waals surface area contributed by atoms with Crippen molar-refractivity contribution in [3.05, 3.63) is 86.5 Å². The lowest BCUT2D eigenvalue weighted by Crippen LogP contribution is -2.33. The van der Waals surface area contributed by atoms with Crippen LogP contribution in [0.3, 0.4) is 0 Å². The molecule has 0 aliphatic rings. The van der Waals surface area contributed by atoms with Gasteiger partial charge in [-0.15, -0.1) is 0 Å². The predicted molar refractivity (Wildman–Crippen MR) is 131 cm³/mol. The Labute approximate surface area is 196 Å². The van der Waals surface area contributed by atoms with E-state index in [1.807, 2.05) is 68.9 Å². The molecule has 4 rings (SSSR count). The summed E-state index contributed by atoms with van der Waals surface area (Å²) in [6.07, 6.45) is 3.61. The zero-order valence-corrected chi connectivity index (χ0v) is 19.7. The second-order valence-electron chi connectivity index (χ2n) is 9.07. The molecule has 0 saturated carbocycles. The zero-order chi connectivity index (χ0) is 24.4. The first-order valence-corrected chi connectivity index (χ1v) is 11.3. The molecule has 0 aliphatic carbocycles. The maximum Gasteiger partial charge on any atom is 0.330 e. The van der Waals surface area contributed by atoms with Crippen molar-refractivity contribution in [3.8, 4) is 0 Å². The first-order valence-electron chi connectivity index (χ1n) is 11.3. The lowest BCUT2D eigenvalue weighted by atomic mass is 10.0. The Kier molecular flexibility index (Phi) is 6.45. The predicted octanol–water partition coefficient (Wildman–Crippen LogP) is 3.36. The van der Waals surface area contributed by atoms with Crippen LogP contribution in [-0.2, 0) is 13.1 Å². The molecule has 0 saturated heterocycles. The first-order chi connectivity index (χ1) is 16.2. The van der Waals surface area contributed by atoms with Crippen LogP contribution in [0.5, 0.6) is 0 Å². The van der Waals surface area contributed by atoms with Gasteiger partial charge in [0.2, 0.25) is 0 Å². The Bertz CT molecular complexity index is 1430. The van der Waals surface area contributed by atoms with Gasteiger partial charge in [0, 0.05) is 30.3 Å². The minimum atomic E-state index is -0.623. The van der Waals surface area contributed by atoms with Crippen molar-refractivity contribution in [3.63, 3.8) is 0 Å². The Hall–Kier alpha value is -4.01. The summed E-state index contributed by atoms with van der Waals surface area (Å²) in [6.45, 7) is 8.84. The lowest BCUT2D eigenvalue weighted by Gasteiger charge is -2.16. The molecule has 4 aromatic rings. The average molecular weight is 461 g/mol. The number of anilines is 1. The topological polar surface area (TPSA) is 115 Å². The summed E-state index contributed by atoms with van der Waals surface area (Å²) in [5.74, 6) is -0.289. The first kappa shape index (κ1) is 23.2. The van der Waals surface area contributed by atoms with Gasteiger partial charge in [-0.3, -0.25) is 23.8 Å². The van der Waals surface area contributed by atoms with E-state index in [0.717, 1.165) is 5.56 Å². The van der Waals surface area contributed by atoms with Crippen LogP contribution in [0, 0.1) is 5.92 Å². The van der Waals surface area contributed by atoms with Crippen molar-refractivity contribution in [1.29, 1.82) is 0 Å². The van der Waals surface area contributed by atoms with E-state index in [1.54, 1.807) is 12.3 Å². The Morgan fingerprint density at radius 1 is 1.12 bits per heavy atom. The monoisotopic (exact) mass is 460 g/mol. The SMILES string of the molecule is CC(C)Cn1c(=O)[nH]c(=O)c2c(C(=O)Nc3ccc(Cn4cccn4)cc3)cc(C(C)C)nc21. The van der Waals surface area contributed by atoms with E-state index >= 15 is 0 Å². The van der Waals surface area contributed by atoms with Crippen LogP contribution >= 0.6 is 0 Å². The van der Waals surface area contributed by atoms with Crippen molar-refractivity contribution in [2.75, 3.05) is 5.32 Å². The molecule has 0 aliphatic heterocycles. The maximum atomic E-state index is 13.3. The maximum absolute atomic E-state index is 13.3. The highest BCUT2D eigenvalue weighted by molar-refractivity contribution is 6.11. The number of hydrogen-bond donors (Lipinski definition) is 2. The number of rotatable bonds is 7. The fraction of sp³-hybridized carbons (Fsp3) is 0.320. The fourth-order valence-corrected chi connectivity index (χ4v) is 3.78. The molecule has 1 amide bonds. The minimum Gasteiger partial charge on any atom is -0.322 e. The number of hydrogen-bond acceptors (Lipinski definition) is 5. The Morgan fingerprint density at radius 2 is 1.85 bits per heavy atom. The Balaban J connectivity index is 1.73. The van der Waals surface area contributed by atoms with Crippen LogP contribution in [-0.4, -0.2) is 30.2 Å². The number of amides is 1. The normalized spacial score (nSPS) is 11.5. The highest BCUT2D eigenvalue weighted by Gasteiger charge is 2.21.